The SMILES string of the molecule is COC1O[C@@H]2[C@H](O1)[C@@H](COP(=O)(O)OP(=O)(O)O)O[C@H]2n1cc(C(N)=O)nn1. The molecule has 0 aliphatic carbocycles. The fourth-order valence-electron chi connectivity index (χ4n) is 2.60. The molecule has 3 heterocycles. The van der Waals surface area contributed by atoms with Crippen LogP contribution in [0, 0.1) is 0 Å². The molecule has 1 aromatic heterocycles. The lowest BCUT2D eigenvalue weighted by Crippen LogP contribution is -2.31. The largest absolute Gasteiger partial charge is 0.481 e. The summed E-state index contributed by atoms with van der Waals surface area (Å²) in [6.07, 6.45) is -2.59. The lowest BCUT2D eigenvalue weighted by atomic mass is 10.1. The van der Waals surface area contributed by atoms with Crippen molar-refractivity contribution in [2.24, 2.45) is 5.73 Å². The van der Waals surface area contributed by atoms with Gasteiger partial charge in [-0.25, -0.2) is 13.8 Å². The van der Waals surface area contributed by atoms with E-state index in [2.05, 4.69) is 19.1 Å². The van der Waals surface area contributed by atoms with Gasteiger partial charge in [0, 0.05) is 7.11 Å². The number of hydrogen-bond donors (Lipinski definition) is 4. The van der Waals surface area contributed by atoms with Crippen LogP contribution in [-0.2, 0) is 36.9 Å². The van der Waals surface area contributed by atoms with E-state index in [-0.39, 0.29) is 5.69 Å². The molecule has 0 spiro atoms. The number of carbonyl (C=O) groups excluding carboxylic acids is 1. The van der Waals surface area contributed by atoms with Gasteiger partial charge in [0.2, 0.25) is 0 Å². The van der Waals surface area contributed by atoms with Crippen LogP contribution in [0.3, 0.4) is 0 Å². The van der Waals surface area contributed by atoms with E-state index in [0.717, 1.165) is 4.68 Å². The van der Waals surface area contributed by atoms with Gasteiger partial charge < -0.3 is 39.4 Å². The van der Waals surface area contributed by atoms with Crippen LogP contribution in [0.5, 0.6) is 0 Å². The normalized spacial score (nSPS) is 32.2. The summed E-state index contributed by atoms with van der Waals surface area (Å²) in [5.41, 5.74) is 4.98. The highest BCUT2D eigenvalue weighted by Crippen LogP contribution is 2.57. The van der Waals surface area contributed by atoms with Crippen molar-refractivity contribution >= 4 is 21.6 Å². The zero-order valence-electron chi connectivity index (χ0n) is 14.0. The zero-order valence-corrected chi connectivity index (χ0v) is 15.8. The Hall–Kier alpha value is -1.29. The van der Waals surface area contributed by atoms with Gasteiger partial charge in [-0.1, -0.05) is 5.21 Å². The molecule has 3 rings (SSSR count). The van der Waals surface area contributed by atoms with Crippen LogP contribution in [0.25, 0.3) is 0 Å². The monoisotopic (exact) mass is 446 g/mol. The van der Waals surface area contributed by atoms with Gasteiger partial charge in [0.05, 0.1) is 12.8 Å². The summed E-state index contributed by atoms with van der Waals surface area (Å²) in [4.78, 5) is 37.8. The molecule has 5 N–H and O–H groups in total. The molecule has 0 radical (unpaired) electrons. The van der Waals surface area contributed by atoms with Crippen LogP contribution < -0.4 is 5.73 Å². The maximum absolute atomic E-state index is 11.6. The molecule has 18 heteroatoms. The number of nitrogens with two attached hydrogens (primary N) is 1. The lowest BCUT2D eigenvalue weighted by molar-refractivity contribution is -0.257. The predicted octanol–water partition coefficient (Wildman–Crippen LogP) is -1.79. The number of methoxy groups -OCH3 is 1. The highest BCUT2D eigenvalue weighted by molar-refractivity contribution is 7.60. The van der Waals surface area contributed by atoms with E-state index in [4.69, 9.17) is 34.5 Å². The molecule has 1 amide bonds. The van der Waals surface area contributed by atoms with Crippen molar-refractivity contribution in [1.82, 2.24) is 15.0 Å². The van der Waals surface area contributed by atoms with E-state index >= 15 is 0 Å². The van der Waals surface area contributed by atoms with E-state index < -0.39 is 59.2 Å². The molecule has 0 aromatic carbocycles. The number of carbonyl (C=O) groups is 1. The molecule has 0 bridgehead atoms. The third kappa shape index (κ3) is 4.82. The minimum absolute atomic E-state index is 0.142. The first-order valence-corrected chi connectivity index (χ1v) is 10.5. The summed E-state index contributed by atoms with van der Waals surface area (Å²) >= 11 is 0. The minimum atomic E-state index is -5.27. The lowest BCUT2D eigenvalue weighted by Gasteiger charge is -2.20. The molecule has 2 saturated heterocycles. The quantitative estimate of drug-likeness (QED) is 0.324. The molecule has 2 fully saturated rings. The number of fused-ring (bicyclic) bond motifs is 1. The van der Waals surface area contributed by atoms with E-state index in [1.807, 2.05) is 0 Å². The number of aromatic nitrogens is 3. The molecule has 2 aliphatic rings. The Bertz CT molecular complexity index is 827. The summed E-state index contributed by atoms with van der Waals surface area (Å²) in [7, 11) is -9.06. The van der Waals surface area contributed by atoms with Crippen LogP contribution in [0.2, 0.25) is 0 Å². The Morgan fingerprint density at radius 3 is 2.54 bits per heavy atom. The molecule has 0 saturated carbocycles. The van der Waals surface area contributed by atoms with E-state index in [9.17, 15) is 18.8 Å². The summed E-state index contributed by atoms with van der Waals surface area (Å²) < 4.78 is 53.2. The highest BCUT2D eigenvalue weighted by Gasteiger charge is 2.55. The molecule has 16 nitrogen and oxygen atoms in total. The van der Waals surface area contributed by atoms with Crippen LogP contribution in [-0.4, -0.2) is 74.1 Å². The van der Waals surface area contributed by atoms with Crippen LogP contribution >= 0.6 is 15.6 Å². The van der Waals surface area contributed by atoms with Gasteiger partial charge in [0.15, 0.2) is 11.9 Å². The average molecular weight is 446 g/mol. The highest BCUT2D eigenvalue weighted by atomic mass is 31.3. The molecular weight excluding hydrogens is 430 g/mol. The van der Waals surface area contributed by atoms with Gasteiger partial charge in [-0.15, -0.1) is 5.10 Å². The van der Waals surface area contributed by atoms with Gasteiger partial charge in [-0.3, -0.25) is 9.32 Å². The van der Waals surface area contributed by atoms with Crippen LogP contribution in [0.15, 0.2) is 6.20 Å². The fraction of sp³-hybridized carbons (Fsp3) is 0.700. The van der Waals surface area contributed by atoms with E-state index in [0.29, 0.717) is 0 Å². The van der Waals surface area contributed by atoms with Crippen molar-refractivity contribution in [1.29, 1.82) is 0 Å². The van der Waals surface area contributed by atoms with Gasteiger partial charge in [-0.2, -0.15) is 4.31 Å². The maximum Gasteiger partial charge on any atom is 0.481 e. The van der Waals surface area contributed by atoms with E-state index in [1.54, 1.807) is 0 Å². The second kappa shape index (κ2) is 7.85. The number of phosphoric acid groups is 2. The average Bonchev–Trinajstić information content (AvgIpc) is 3.25. The summed E-state index contributed by atoms with van der Waals surface area (Å²) in [5.74, 6) is -0.824. The molecule has 158 valence electrons. The number of amides is 1. The number of nitrogens with zero attached hydrogens (tertiary/aromatic N) is 3. The van der Waals surface area contributed by atoms with Gasteiger partial charge in [0.1, 0.15) is 18.3 Å². The number of rotatable bonds is 8. The third-order valence-electron chi connectivity index (χ3n) is 3.65. The third-order valence-corrected chi connectivity index (χ3v) is 5.80. The first-order valence-electron chi connectivity index (χ1n) is 7.44. The van der Waals surface area contributed by atoms with Gasteiger partial charge in [-0.05, 0) is 0 Å². The molecule has 28 heavy (non-hydrogen) atoms. The number of ether oxygens (including phenoxy) is 4. The number of primary amides is 1. The second-order valence-electron chi connectivity index (χ2n) is 5.58. The van der Waals surface area contributed by atoms with Gasteiger partial charge >= 0.3 is 15.6 Å². The van der Waals surface area contributed by atoms with Crippen molar-refractivity contribution < 1.29 is 56.4 Å². The Morgan fingerprint density at radius 1 is 1.29 bits per heavy atom. The van der Waals surface area contributed by atoms with Crippen molar-refractivity contribution in [2.45, 2.75) is 31.0 Å². The predicted molar refractivity (Wildman–Crippen MR) is 81.9 cm³/mol. The fourth-order valence-corrected chi connectivity index (χ4v) is 4.20. The van der Waals surface area contributed by atoms with Crippen molar-refractivity contribution in [2.75, 3.05) is 13.7 Å². The van der Waals surface area contributed by atoms with Crippen molar-refractivity contribution in [3.8, 4) is 0 Å². The van der Waals surface area contributed by atoms with Crippen LogP contribution in [0.4, 0.5) is 0 Å². The Balaban J connectivity index is 1.74. The van der Waals surface area contributed by atoms with Crippen LogP contribution in [0.1, 0.15) is 16.7 Å². The first kappa shape index (κ1) is 21.4. The van der Waals surface area contributed by atoms with Gasteiger partial charge in [0.25, 0.3) is 12.4 Å². The number of hydrogen-bond acceptors (Lipinski definition) is 11. The minimum Gasteiger partial charge on any atom is -0.364 e. The smallest absolute Gasteiger partial charge is 0.364 e. The van der Waals surface area contributed by atoms with E-state index in [1.165, 1.54) is 13.3 Å². The van der Waals surface area contributed by atoms with Crippen molar-refractivity contribution in [3.63, 3.8) is 0 Å². The molecule has 6 atom stereocenters. The molecule has 1 aromatic rings. The number of phosphoric ester groups is 1. The first-order chi connectivity index (χ1) is 13.0. The summed E-state index contributed by atoms with van der Waals surface area (Å²) in [6.45, 7) is -1.75. The summed E-state index contributed by atoms with van der Waals surface area (Å²) in [6, 6.07) is 0. The Kier molecular flexibility index (Phi) is 6.01. The zero-order chi connectivity index (χ0) is 20.7. The molecule has 2 aliphatic heterocycles. The maximum atomic E-state index is 11.6. The Morgan fingerprint density at radius 2 is 1.96 bits per heavy atom. The molecular formula is C10H16N4O12P2. The second-order valence-corrected chi connectivity index (χ2v) is 8.41. The topological polar surface area (TPSA) is 224 Å². The molecule has 2 unspecified atom stereocenters. The van der Waals surface area contributed by atoms with Crippen molar-refractivity contribution in [3.05, 3.63) is 11.9 Å². The Labute approximate surface area is 156 Å². The summed E-state index contributed by atoms with van der Waals surface area (Å²) in [5, 5.41) is 7.29. The standard InChI is InChI=1S/C10H16N4O12P2/c1-21-10-24-6-5(3-22-28(19,20)26-27(16,17)18)23-9(7(6)25-10)14-2-4(8(11)15)12-13-14/h2,5-7,9-10H,3H2,1H3,(H2,11,15)(H,19,20)(H2,16,17,18)/t5-,6-,7-,9-,10?/m1/s1.